The van der Waals surface area contributed by atoms with Gasteiger partial charge in [0, 0.05) is 17.2 Å². The summed E-state index contributed by atoms with van der Waals surface area (Å²) in [5, 5.41) is 11.0. The maximum atomic E-state index is 13.1. The van der Waals surface area contributed by atoms with Crippen molar-refractivity contribution < 1.29 is 28.6 Å². The Morgan fingerprint density at radius 1 is 1.03 bits per heavy atom. The lowest BCUT2D eigenvalue weighted by atomic mass is 9.94. The topological polar surface area (TPSA) is 89.2 Å². The fraction of sp³-hybridized carbons (Fsp3) is 0.167. The highest BCUT2D eigenvalue weighted by Crippen LogP contribution is 2.44. The first-order chi connectivity index (χ1) is 15.0. The van der Waals surface area contributed by atoms with E-state index < -0.39 is 17.7 Å². The first-order valence-electron chi connectivity index (χ1n) is 9.63. The summed E-state index contributed by atoms with van der Waals surface area (Å²) in [5.41, 5.74) is 0.980. The van der Waals surface area contributed by atoms with Gasteiger partial charge in [-0.2, -0.15) is 0 Å². The monoisotopic (exact) mass is 419 g/mol. The Kier molecular flexibility index (Phi) is 5.49. The smallest absolute Gasteiger partial charge is 0.296 e. The largest absolute Gasteiger partial charge is 0.507 e. The summed E-state index contributed by atoms with van der Waals surface area (Å²) in [6.45, 7) is 0.0585. The summed E-state index contributed by atoms with van der Waals surface area (Å²) in [4.78, 5) is 27.4. The van der Waals surface area contributed by atoms with Crippen LogP contribution in [0.5, 0.6) is 11.5 Å². The lowest BCUT2D eigenvalue weighted by molar-refractivity contribution is -0.140. The highest BCUT2D eigenvalue weighted by Gasteiger charge is 2.47. The molecule has 1 atom stereocenters. The van der Waals surface area contributed by atoms with Crippen LogP contribution in [0.15, 0.2) is 76.9 Å². The summed E-state index contributed by atoms with van der Waals surface area (Å²) >= 11 is 0. The van der Waals surface area contributed by atoms with E-state index in [4.69, 9.17) is 13.9 Å². The second kappa shape index (κ2) is 8.39. The number of carbonyl (C=O) groups excluding carboxylic acids is 2. The van der Waals surface area contributed by atoms with E-state index in [1.54, 1.807) is 60.7 Å². The van der Waals surface area contributed by atoms with Gasteiger partial charge < -0.3 is 23.9 Å². The van der Waals surface area contributed by atoms with Gasteiger partial charge in [0.05, 0.1) is 38.6 Å². The van der Waals surface area contributed by atoms with Crippen molar-refractivity contribution in [1.82, 2.24) is 4.90 Å². The van der Waals surface area contributed by atoms with Crippen LogP contribution in [0.1, 0.15) is 22.9 Å². The summed E-state index contributed by atoms with van der Waals surface area (Å²) in [5.74, 6) is -0.239. The molecule has 2 aromatic carbocycles. The van der Waals surface area contributed by atoms with E-state index in [0.29, 0.717) is 28.4 Å². The van der Waals surface area contributed by atoms with Gasteiger partial charge in [0.15, 0.2) is 0 Å². The number of likely N-dealkylation sites (tertiary alicyclic amines) is 1. The number of rotatable bonds is 6. The van der Waals surface area contributed by atoms with E-state index in [9.17, 15) is 14.7 Å². The zero-order valence-electron chi connectivity index (χ0n) is 17.1. The molecule has 0 saturated carbocycles. The third-order valence-corrected chi connectivity index (χ3v) is 5.23. The average Bonchev–Trinajstić information content (AvgIpc) is 3.41. The van der Waals surface area contributed by atoms with Gasteiger partial charge in [-0.05, 0) is 24.3 Å². The molecule has 1 saturated heterocycles. The molecule has 0 aliphatic carbocycles. The molecule has 2 heterocycles. The normalized spacial score (nSPS) is 17.7. The van der Waals surface area contributed by atoms with Crippen LogP contribution in [0, 0.1) is 0 Å². The number of furan rings is 1. The number of Topliss-reactive ketones (excluding diaryl/α,β-unsaturated/α-hetero) is 1. The maximum absolute atomic E-state index is 13.1. The molecule has 1 fully saturated rings. The molecule has 4 rings (SSSR count). The summed E-state index contributed by atoms with van der Waals surface area (Å²) in [7, 11) is 3.03. The Bertz CT molecular complexity index is 1130. The van der Waals surface area contributed by atoms with Crippen LogP contribution in [-0.4, -0.2) is 35.9 Å². The van der Waals surface area contributed by atoms with E-state index >= 15 is 0 Å². The average molecular weight is 419 g/mol. The van der Waals surface area contributed by atoms with Gasteiger partial charge in [-0.25, -0.2) is 0 Å². The number of amides is 1. The quantitative estimate of drug-likeness (QED) is 0.370. The molecule has 3 aromatic rings. The molecule has 7 heteroatoms. The Labute approximate surface area is 179 Å². The van der Waals surface area contributed by atoms with Gasteiger partial charge in [-0.1, -0.05) is 30.3 Å². The van der Waals surface area contributed by atoms with Crippen LogP contribution in [0.4, 0.5) is 0 Å². The molecule has 1 amide bonds. The molecule has 1 aromatic heterocycles. The molecule has 1 unspecified atom stereocenters. The maximum Gasteiger partial charge on any atom is 0.296 e. The van der Waals surface area contributed by atoms with Crippen molar-refractivity contribution in [2.45, 2.75) is 12.6 Å². The van der Waals surface area contributed by atoms with Crippen molar-refractivity contribution in [3.05, 3.63) is 89.4 Å². The molecule has 0 bridgehead atoms. The molecular formula is C24H21NO6. The van der Waals surface area contributed by atoms with Crippen molar-refractivity contribution in [2.24, 2.45) is 0 Å². The molecular weight excluding hydrogens is 398 g/mol. The minimum absolute atomic E-state index is 0.00813. The number of hydrogen-bond acceptors (Lipinski definition) is 6. The predicted octanol–water partition coefficient (Wildman–Crippen LogP) is 3.92. The standard InChI is InChI=1S/C24H21NO6/c1-29-16-10-11-18(19(13-16)30-2)21-20(22(26)15-7-4-3-5-8-15)23(27)24(28)25(21)14-17-9-6-12-31-17/h3-13,21,26H,14H2,1-2H3/b22-20-. The van der Waals surface area contributed by atoms with Crippen LogP contribution in [0.2, 0.25) is 0 Å². The van der Waals surface area contributed by atoms with Crippen LogP contribution < -0.4 is 9.47 Å². The second-order valence-electron chi connectivity index (χ2n) is 6.98. The highest BCUT2D eigenvalue weighted by molar-refractivity contribution is 6.46. The van der Waals surface area contributed by atoms with E-state index in [1.165, 1.54) is 25.4 Å². The number of hydrogen-bond donors (Lipinski definition) is 1. The van der Waals surface area contributed by atoms with Crippen LogP contribution >= 0.6 is 0 Å². The van der Waals surface area contributed by atoms with E-state index in [-0.39, 0.29) is 17.9 Å². The number of carbonyl (C=O) groups is 2. The van der Waals surface area contributed by atoms with Crippen molar-refractivity contribution in [3.8, 4) is 11.5 Å². The van der Waals surface area contributed by atoms with E-state index in [1.807, 2.05) is 0 Å². The molecule has 1 N–H and O–H groups in total. The number of aliphatic hydroxyl groups excluding tert-OH is 1. The summed E-state index contributed by atoms with van der Waals surface area (Å²) in [6.07, 6.45) is 1.50. The van der Waals surface area contributed by atoms with Crippen molar-refractivity contribution >= 4 is 17.4 Å². The molecule has 158 valence electrons. The lowest BCUT2D eigenvalue weighted by Gasteiger charge is -2.26. The minimum atomic E-state index is -0.869. The van der Waals surface area contributed by atoms with E-state index in [0.717, 1.165) is 0 Å². The third kappa shape index (κ3) is 3.66. The molecule has 0 radical (unpaired) electrons. The predicted molar refractivity (Wildman–Crippen MR) is 113 cm³/mol. The third-order valence-electron chi connectivity index (χ3n) is 5.23. The molecule has 31 heavy (non-hydrogen) atoms. The number of benzene rings is 2. The fourth-order valence-electron chi connectivity index (χ4n) is 3.73. The van der Waals surface area contributed by atoms with Crippen molar-refractivity contribution in [3.63, 3.8) is 0 Å². The first-order valence-corrected chi connectivity index (χ1v) is 9.63. The number of aliphatic hydroxyl groups is 1. The van der Waals surface area contributed by atoms with Gasteiger partial charge in [-0.15, -0.1) is 0 Å². The fourth-order valence-corrected chi connectivity index (χ4v) is 3.73. The number of ether oxygens (including phenoxy) is 2. The van der Waals surface area contributed by atoms with Crippen molar-refractivity contribution in [1.29, 1.82) is 0 Å². The Balaban J connectivity index is 1.91. The van der Waals surface area contributed by atoms with Crippen LogP contribution in [0.25, 0.3) is 5.76 Å². The summed E-state index contributed by atoms with van der Waals surface area (Å²) < 4.78 is 16.2. The molecule has 7 nitrogen and oxygen atoms in total. The highest BCUT2D eigenvalue weighted by atomic mass is 16.5. The zero-order valence-corrected chi connectivity index (χ0v) is 17.1. The van der Waals surface area contributed by atoms with Gasteiger partial charge in [0.25, 0.3) is 11.7 Å². The number of methoxy groups -OCH3 is 2. The van der Waals surface area contributed by atoms with Crippen molar-refractivity contribution in [2.75, 3.05) is 14.2 Å². The molecule has 1 aliphatic heterocycles. The van der Waals surface area contributed by atoms with Crippen LogP contribution in [-0.2, 0) is 16.1 Å². The Morgan fingerprint density at radius 3 is 2.45 bits per heavy atom. The number of nitrogens with zero attached hydrogens (tertiary/aromatic N) is 1. The SMILES string of the molecule is COc1ccc(C2/C(=C(/O)c3ccccc3)C(=O)C(=O)N2Cc2ccco2)c(OC)c1. The Morgan fingerprint density at radius 2 is 1.81 bits per heavy atom. The Hall–Kier alpha value is -4.00. The van der Waals surface area contributed by atoms with Gasteiger partial charge in [-0.3, -0.25) is 9.59 Å². The van der Waals surface area contributed by atoms with Crippen LogP contribution in [0.3, 0.4) is 0 Å². The second-order valence-corrected chi connectivity index (χ2v) is 6.98. The first kappa shape index (κ1) is 20.3. The van der Waals surface area contributed by atoms with Gasteiger partial charge in [0.2, 0.25) is 0 Å². The molecule has 1 aliphatic rings. The van der Waals surface area contributed by atoms with E-state index in [2.05, 4.69) is 0 Å². The lowest BCUT2D eigenvalue weighted by Crippen LogP contribution is -2.29. The van der Waals surface area contributed by atoms with Gasteiger partial charge in [0.1, 0.15) is 23.0 Å². The van der Waals surface area contributed by atoms with Gasteiger partial charge >= 0.3 is 0 Å². The summed E-state index contributed by atoms with van der Waals surface area (Å²) in [6, 6.07) is 16.3. The minimum Gasteiger partial charge on any atom is -0.507 e. The number of ketones is 1. The zero-order chi connectivity index (χ0) is 22.0. The molecule has 0 spiro atoms.